The lowest BCUT2D eigenvalue weighted by molar-refractivity contribution is -0.129. The second kappa shape index (κ2) is 10.2. The molecule has 152 valence electrons. The van der Waals surface area contributed by atoms with Gasteiger partial charge >= 0.3 is 0 Å². The summed E-state index contributed by atoms with van der Waals surface area (Å²) < 4.78 is 6.85. The van der Waals surface area contributed by atoms with Crippen molar-refractivity contribution in [2.24, 2.45) is 0 Å². The molecule has 8 heteroatoms. The summed E-state index contributed by atoms with van der Waals surface area (Å²) >= 11 is 1.34. The van der Waals surface area contributed by atoms with Crippen LogP contribution in [0.2, 0.25) is 0 Å². The van der Waals surface area contributed by atoms with Crippen molar-refractivity contribution in [2.45, 2.75) is 25.5 Å². The van der Waals surface area contributed by atoms with Crippen molar-refractivity contribution < 1.29 is 9.53 Å². The third kappa shape index (κ3) is 5.88. The number of benzene rings is 2. The van der Waals surface area contributed by atoms with Crippen molar-refractivity contribution >= 4 is 17.7 Å². The molecular weight excluding hydrogens is 386 g/mol. The maximum absolute atomic E-state index is 12.9. The maximum Gasteiger partial charge on any atom is 0.233 e. The molecule has 0 saturated carbocycles. The number of tetrazole rings is 1. The predicted molar refractivity (Wildman–Crippen MR) is 113 cm³/mol. The SMILES string of the molecule is COCCN(Cc1ccccc1)C(=O)CSc1nnnn1-c1cc(C)cc(C)c1. The molecule has 3 aromatic rings. The highest BCUT2D eigenvalue weighted by Gasteiger charge is 2.17. The minimum atomic E-state index is 0.0193. The fraction of sp³-hybridized carbons (Fsp3) is 0.333. The van der Waals surface area contributed by atoms with Crippen molar-refractivity contribution in [3.8, 4) is 5.69 Å². The van der Waals surface area contributed by atoms with E-state index >= 15 is 0 Å². The van der Waals surface area contributed by atoms with Gasteiger partial charge < -0.3 is 9.64 Å². The zero-order chi connectivity index (χ0) is 20.6. The summed E-state index contributed by atoms with van der Waals surface area (Å²) in [6.07, 6.45) is 0. The highest BCUT2D eigenvalue weighted by atomic mass is 32.2. The Morgan fingerprint density at radius 1 is 1.14 bits per heavy atom. The van der Waals surface area contributed by atoms with Gasteiger partial charge in [-0.3, -0.25) is 4.79 Å². The fourth-order valence-corrected chi connectivity index (χ4v) is 3.81. The highest BCUT2D eigenvalue weighted by Crippen LogP contribution is 2.21. The number of carbonyl (C=O) groups excluding carboxylic acids is 1. The molecule has 29 heavy (non-hydrogen) atoms. The van der Waals surface area contributed by atoms with Crippen LogP contribution in [0.1, 0.15) is 16.7 Å². The van der Waals surface area contributed by atoms with E-state index in [1.54, 1.807) is 16.7 Å². The lowest BCUT2D eigenvalue weighted by atomic mass is 10.1. The first kappa shape index (κ1) is 21.0. The first-order chi connectivity index (χ1) is 14.1. The summed E-state index contributed by atoms with van der Waals surface area (Å²) in [6.45, 7) is 5.64. The molecule has 0 atom stereocenters. The molecule has 0 radical (unpaired) electrons. The van der Waals surface area contributed by atoms with E-state index in [-0.39, 0.29) is 11.7 Å². The number of rotatable bonds is 9. The van der Waals surface area contributed by atoms with Crippen LogP contribution in [0, 0.1) is 13.8 Å². The van der Waals surface area contributed by atoms with Crippen LogP contribution in [0.25, 0.3) is 5.69 Å². The quantitative estimate of drug-likeness (QED) is 0.504. The fourth-order valence-electron chi connectivity index (χ4n) is 3.02. The number of aryl methyl sites for hydroxylation is 2. The Morgan fingerprint density at radius 3 is 2.55 bits per heavy atom. The Labute approximate surface area is 175 Å². The van der Waals surface area contributed by atoms with Crippen molar-refractivity contribution in [1.82, 2.24) is 25.1 Å². The number of ether oxygens (including phenoxy) is 1. The molecule has 0 unspecified atom stereocenters. The van der Waals surface area contributed by atoms with Crippen LogP contribution < -0.4 is 0 Å². The molecule has 0 aliphatic heterocycles. The molecule has 0 spiro atoms. The number of thioether (sulfide) groups is 1. The van der Waals surface area contributed by atoms with Crippen molar-refractivity contribution in [1.29, 1.82) is 0 Å². The smallest absolute Gasteiger partial charge is 0.233 e. The molecule has 0 fully saturated rings. The Kier molecular flexibility index (Phi) is 7.37. The van der Waals surface area contributed by atoms with E-state index in [0.29, 0.717) is 24.9 Å². The number of hydrogen-bond acceptors (Lipinski definition) is 6. The van der Waals surface area contributed by atoms with E-state index in [1.807, 2.05) is 56.3 Å². The summed E-state index contributed by atoms with van der Waals surface area (Å²) in [4.78, 5) is 14.7. The first-order valence-corrected chi connectivity index (χ1v) is 10.4. The summed E-state index contributed by atoms with van der Waals surface area (Å²) in [5.41, 5.74) is 4.25. The molecule has 0 bridgehead atoms. The second-order valence-electron chi connectivity index (χ2n) is 6.80. The molecule has 3 rings (SSSR count). The number of aromatic nitrogens is 4. The molecule has 1 aromatic heterocycles. The van der Waals surface area contributed by atoms with Gasteiger partial charge in [-0.15, -0.1) is 5.10 Å². The lowest BCUT2D eigenvalue weighted by Gasteiger charge is -2.22. The normalized spacial score (nSPS) is 10.9. The maximum atomic E-state index is 12.9. The first-order valence-electron chi connectivity index (χ1n) is 9.37. The zero-order valence-corrected chi connectivity index (χ0v) is 17.7. The van der Waals surface area contributed by atoms with Crippen LogP contribution >= 0.6 is 11.8 Å². The molecule has 1 heterocycles. The molecule has 0 aliphatic carbocycles. The average Bonchev–Trinajstić information content (AvgIpc) is 3.18. The Morgan fingerprint density at radius 2 is 1.86 bits per heavy atom. The van der Waals surface area contributed by atoms with Gasteiger partial charge in [0.05, 0.1) is 18.0 Å². The van der Waals surface area contributed by atoms with Gasteiger partial charge in [0.2, 0.25) is 11.1 Å². The molecular formula is C21H25N5O2S. The summed E-state index contributed by atoms with van der Waals surface area (Å²) in [5.74, 6) is 0.271. The Hall–Kier alpha value is -2.71. The zero-order valence-electron chi connectivity index (χ0n) is 16.9. The molecule has 0 N–H and O–H groups in total. The second-order valence-corrected chi connectivity index (χ2v) is 7.74. The molecule has 0 saturated heterocycles. The van der Waals surface area contributed by atoms with Crippen LogP contribution in [0.4, 0.5) is 0 Å². The van der Waals surface area contributed by atoms with Crippen LogP contribution in [0.3, 0.4) is 0 Å². The van der Waals surface area contributed by atoms with Crippen LogP contribution in [0.5, 0.6) is 0 Å². The van der Waals surface area contributed by atoms with Crippen LogP contribution in [-0.4, -0.2) is 57.0 Å². The van der Waals surface area contributed by atoms with E-state index in [2.05, 4.69) is 21.6 Å². The largest absolute Gasteiger partial charge is 0.383 e. The van der Waals surface area contributed by atoms with Gasteiger partial charge in [0.25, 0.3) is 0 Å². The third-order valence-electron chi connectivity index (χ3n) is 4.35. The van der Waals surface area contributed by atoms with Gasteiger partial charge in [-0.05, 0) is 53.1 Å². The van der Waals surface area contributed by atoms with Gasteiger partial charge in [0.15, 0.2) is 0 Å². The third-order valence-corrected chi connectivity index (χ3v) is 5.26. The standard InChI is InChI=1S/C21H25N5O2S/c1-16-11-17(2)13-19(12-16)26-21(22-23-24-26)29-15-20(27)25(9-10-28-3)14-18-7-5-4-6-8-18/h4-8,11-13H,9-10,14-15H2,1-3H3. The predicted octanol–water partition coefficient (Wildman–Crippen LogP) is 3.05. The van der Waals surface area contributed by atoms with Crippen LogP contribution in [0.15, 0.2) is 53.7 Å². The van der Waals surface area contributed by atoms with Gasteiger partial charge in [0, 0.05) is 20.2 Å². The number of methoxy groups -OCH3 is 1. The number of nitrogens with zero attached hydrogens (tertiary/aromatic N) is 5. The van der Waals surface area contributed by atoms with E-state index in [4.69, 9.17) is 4.74 Å². The van der Waals surface area contributed by atoms with Crippen LogP contribution in [-0.2, 0) is 16.1 Å². The highest BCUT2D eigenvalue weighted by molar-refractivity contribution is 7.99. The Bertz CT molecular complexity index is 925. The number of amides is 1. The molecule has 2 aromatic carbocycles. The van der Waals surface area contributed by atoms with E-state index in [9.17, 15) is 4.79 Å². The van der Waals surface area contributed by atoms with Gasteiger partial charge in [-0.1, -0.05) is 48.2 Å². The summed E-state index contributed by atoms with van der Waals surface area (Å²) in [7, 11) is 1.64. The summed E-state index contributed by atoms with van der Waals surface area (Å²) in [6, 6.07) is 16.1. The van der Waals surface area contributed by atoms with E-state index < -0.39 is 0 Å². The summed E-state index contributed by atoms with van der Waals surface area (Å²) in [5, 5.41) is 12.6. The van der Waals surface area contributed by atoms with E-state index in [0.717, 1.165) is 22.4 Å². The molecule has 7 nitrogen and oxygen atoms in total. The number of carbonyl (C=O) groups is 1. The Balaban J connectivity index is 1.69. The van der Waals surface area contributed by atoms with Gasteiger partial charge in [0.1, 0.15) is 0 Å². The van der Waals surface area contributed by atoms with Gasteiger partial charge in [-0.2, -0.15) is 4.68 Å². The lowest BCUT2D eigenvalue weighted by Crippen LogP contribution is -2.34. The van der Waals surface area contributed by atoms with Crippen molar-refractivity contribution in [3.63, 3.8) is 0 Å². The molecule has 1 amide bonds. The van der Waals surface area contributed by atoms with Crippen molar-refractivity contribution in [3.05, 3.63) is 65.2 Å². The average molecular weight is 412 g/mol. The van der Waals surface area contributed by atoms with Gasteiger partial charge in [-0.25, -0.2) is 0 Å². The minimum Gasteiger partial charge on any atom is -0.383 e. The monoisotopic (exact) mass is 411 g/mol. The van der Waals surface area contributed by atoms with E-state index in [1.165, 1.54) is 11.8 Å². The minimum absolute atomic E-state index is 0.0193. The van der Waals surface area contributed by atoms with Crippen molar-refractivity contribution in [2.75, 3.05) is 26.0 Å². The topological polar surface area (TPSA) is 73.1 Å². The number of hydrogen-bond donors (Lipinski definition) is 0. The molecule has 0 aliphatic rings.